The van der Waals surface area contributed by atoms with Crippen LogP contribution in [0.4, 0.5) is 5.69 Å². The number of nitro benzene ring substituents is 1. The number of aromatic nitrogens is 2. The van der Waals surface area contributed by atoms with E-state index in [1.807, 2.05) is 32.0 Å². The minimum atomic E-state index is -0.497. The Morgan fingerprint density at radius 2 is 1.89 bits per heavy atom. The molecule has 0 amide bonds. The van der Waals surface area contributed by atoms with E-state index in [0.29, 0.717) is 34.6 Å². The monoisotopic (exact) mass is 500 g/mol. The summed E-state index contributed by atoms with van der Waals surface area (Å²) >= 11 is 0. The van der Waals surface area contributed by atoms with Crippen LogP contribution in [0.3, 0.4) is 0 Å². The van der Waals surface area contributed by atoms with Crippen molar-refractivity contribution in [2.75, 3.05) is 13.7 Å². The van der Waals surface area contributed by atoms with Gasteiger partial charge in [0.1, 0.15) is 11.5 Å². The Balaban J connectivity index is 1.99. The van der Waals surface area contributed by atoms with Crippen molar-refractivity contribution in [2.24, 2.45) is 5.10 Å². The highest BCUT2D eigenvalue weighted by molar-refractivity contribution is 5.85. The molecule has 0 N–H and O–H groups in total. The summed E-state index contributed by atoms with van der Waals surface area (Å²) in [5.74, 6) is 1.70. The van der Waals surface area contributed by atoms with Crippen molar-refractivity contribution in [2.45, 2.75) is 33.6 Å². The van der Waals surface area contributed by atoms with E-state index in [1.54, 1.807) is 18.2 Å². The topological polar surface area (TPSA) is 109 Å². The molecule has 0 atom stereocenters. The zero-order valence-electron chi connectivity index (χ0n) is 21.4. The summed E-state index contributed by atoms with van der Waals surface area (Å²) < 4.78 is 12.4. The second kappa shape index (κ2) is 10.6. The van der Waals surface area contributed by atoms with Crippen LogP contribution in [0, 0.1) is 17.0 Å². The van der Waals surface area contributed by atoms with Crippen LogP contribution < -0.4 is 15.0 Å². The van der Waals surface area contributed by atoms with Gasteiger partial charge in [0.2, 0.25) is 0 Å². The van der Waals surface area contributed by atoms with Crippen LogP contribution in [-0.2, 0) is 0 Å². The molecule has 0 saturated carbocycles. The van der Waals surface area contributed by atoms with Gasteiger partial charge in [-0.3, -0.25) is 14.9 Å². The van der Waals surface area contributed by atoms with E-state index >= 15 is 0 Å². The average Bonchev–Trinajstić information content (AvgIpc) is 2.88. The number of ether oxygens (including phenoxy) is 2. The maximum Gasteiger partial charge on any atom is 0.282 e. The molecule has 0 spiro atoms. The van der Waals surface area contributed by atoms with Crippen LogP contribution in [0.5, 0.6) is 11.5 Å². The SMILES string of the molecule is CCOc1cc(C)c(-c2nc3ccccc3c(=O)n2N=Cc2cc([N+](=O)[O-])ccc2OC)cc1C(C)C. The van der Waals surface area contributed by atoms with Crippen molar-refractivity contribution in [1.29, 1.82) is 0 Å². The molecule has 0 aliphatic rings. The van der Waals surface area contributed by atoms with E-state index in [4.69, 9.17) is 14.5 Å². The Hall–Kier alpha value is -4.53. The number of methoxy groups -OCH3 is 1. The van der Waals surface area contributed by atoms with Crippen molar-refractivity contribution in [1.82, 2.24) is 9.66 Å². The summed E-state index contributed by atoms with van der Waals surface area (Å²) in [6.07, 6.45) is 1.38. The number of benzene rings is 3. The standard InChI is InChI=1S/C28H28N4O5/c1-6-37-26-13-18(4)23(15-22(26)17(2)3)27-30-24-10-8-7-9-21(24)28(33)31(27)29-16-19-14-20(32(34)35)11-12-25(19)36-5/h7-17H,6H2,1-5H3. The molecule has 4 aromatic rings. The lowest BCUT2D eigenvalue weighted by atomic mass is 9.96. The Morgan fingerprint density at radius 3 is 2.57 bits per heavy atom. The number of aryl methyl sites for hydroxylation is 1. The van der Waals surface area contributed by atoms with Gasteiger partial charge in [0.15, 0.2) is 5.82 Å². The molecular formula is C28H28N4O5. The number of non-ortho nitro benzene ring substituents is 1. The molecule has 0 aliphatic carbocycles. The molecular weight excluding hydrogens is 472 g/mol. The molecule has 0 bridgehead atoms. The zero-order chi connectivity index (χ0) is 26.7. The first-order valence-electron chi connectivity index (χ1n) is 11.9. The van der Waals surface area contributed by atoms with Crippen LogP contribution in [0.15, 0.2) is 64.5 Å². The second-order valence-electron chi connectivity index (χ2n) is 8.79. The number of nitro groups is 1. The molecule has 0 unspecified atom stereocenters. The predicted octanol–water partition coefficient (Wildman–Crippen LogP) is 5.69. The zero-order valence-corrected chi connectivity index (χ0v) is 21.4. The summed E-state index contributed by atoms with van der Waals surface area (Å²) in [6.45, 7) is 8.55. The lowest BCUT2D eigenvalue weighted by molar-refractivity contribution is -0.384. The molecule has 1 heterocycles. The molecule has 0 saturated heterocycles. The summed E-state index contributed by atoms with van der Waals surface area (Å²) in [5, 5.41) is 16.2. The number of hydrogen-bond acceptors (Lipinski definition) is 7. The lowest BCUT2D eigenvalue weighted by Gasteiger charge is -2.18. The molecule has 0 radical (unpaired) electrons. The van der Waals surface area contributed by atoms with Gasteiger partial charge in [0.05, 0.1) is 35.8 Å². The van der Waals surface area contributed by atoms with Crippen molar-refractivity contribution >= 4 is 22.8 Å². The van der Waals surface area contributed by atoms with Crippen molar-refractivity contribution < 1.29 is 14.4 Å². The minimum Gasteiger partial charge on any atom is -0.496 e. The van der Waals surface area contributed by atoms with Crippen LogP contribution in [-0.4, -0.2) is 34.5 Å². The molecule has 0 fully saturated rings. The fourth-order valence-electron chi connectivity index (χ4n) is 4.13. The van der Waals surface area contributed by atoms with Gasteiger partial charge < -0.3 is 9.47 Å². The lowest BCUT2D eigenvalue weighted by Crippen LogP contribution is -2.21. The third-order valence-corrected chi connectivity index (χ3v) is 6.01. The van der Waals surface area contributed by atoms with Crippen LogP contribution in [0.25, 0.3) is 22.3 Å². The number of hydrogen-bond donors (Lipinski definition) is 0. The Kier molecular flexibility index (Phi) is 7.33. The quantitative estimate of drug-likeness (QED) is 0.175. The Labute approximate surface area is 214 Å². The number of fused-ring (bicyclic) bond motifs is 1. The van der Waals surface area contributed by atoms with Crippen molar-refractivity contribution in [3.8, 4) is 22.9 Å². The predicted molar refractivity (Wildman–Crippen MR) is 144 cm³/mol. The second-order valence-corrected chi connectivity index (χ2v) is 8.79. The number of rotatable bonds is 8. The molecule has 4 rings (SSSR count). The smallest absolute Gasteiger partial charge is 0.282 e. The Bertz CT molecular complexity index is 1570. The first-order valence-corrected chi connectivity index (χ1v) is 11.9. The third kappa shape index (κ3) is 5.06. The third-order valence-electron chi connectivity index (χ3n) is 6.01. The molecule has 3 aromatic carbocycles. The highest BCUT2D eigenvalue weighted by Gasteiger charge is 2.19. The maximum absolute atomic E-state index is 13.6. The summed E-state index contributed by atoms with van der Waals surface area (Å²) in [7, 11) is 1.46. The normalized spacial score (nSPS) is 11.4. The fourth-order valence-corrected chi connectivity index (χ4v) is 4.13. The average molecular weight is 501 g/mol. The fraction of sp³-hybridized carbons (Fsp3) is 0.250. The molecule has 9 nitrogen and oxygen atoms in total. The van der Waals surface area contributed by atoms with Gasteiger partial charge in [-0.15, -0.1) is 0 Å². The van der Waals surface area contributed by atoms with E-state index < -0.39 is 4.92 Å². The van der Waals surface area contributed by atoms with Gasteiger partial charge in [-0.2, -0.15) is 9.78 Å². The van der Waals surface area contributed by atoms with Crippen molar-refractivity contribution in [3.63, 3.8) is 0 Å². The largest absolute Gasteiger partial charge is 0.496 e. The van der Waals surface area contributed by atoms with E-state index in [0.717, 1.165) is 22.4 Å². The van der Waals surface area contributed by atoms with Gasteiger partial charge in [0.25, 0.3) is 11.2 Å². The van der Waals surface area contributed by atoms with Gasteiger partial charge in [-0.1, -0.05) is 26.0 Å². The van der Waals surface area contributed by atoms with Crippen LogP contribution in [0.2, 0.25) is 0 Å². The van der Waals surface area contributed by atoms with E-state index in [1.165, 1.54) is 36.2 Å². The van der Waals surface area contributed by atoms with Crippen LogP contribution >= 0.6 is 0 Å². The molecule has 9 heteroatoms. The highest BCUT2D eigenvalue weighted by atomic mass is 16.6. The van der Waals surface area contributed by atoms with Crippen LogP contribution in [0.1, 0.15) is 43.4 Å². The van der Waals surface area contributed by atoms with Gasteiger partial charge in [-0.05, 0) is 61.2 Å². The number of nitrogens with zero attached hydrogens (tertiary/aromatic N) is 4. The molecule has 190 valence electrons. The van der Waals surface area contributed by atoms with Crippen molar-refractivity contribution in [3.05, 3.63) is 91.8 Å². The van der Waals surface area contributed by atoms with Gasteiger partial charge in [0, 0.05) is 23.3 Å². The molecule has 0 aliphatic heterocycles. The summed E-state index contributed by atoms with van der Waals surface area (Å²) in [5.41, 5.74) is 3.01. The van der Waals surface area contributed by atoms with Gasteiger partial charge in [-0.25, -0.2) is 4.98 Å². The summed E-state index contributed by atoms with van der Waals surface area (Å²) in [6, 6.07) is 15.2. The Morgan fingerprint density at radius 1 is 1.14 bits per heavy atom. The molecule has 37 heavy (non-hydrogen) atoms. The van der Waals surface area contributed by atoms with E-state index in [2.05, 4.69) is 18.9 Å². The van der Waals surface area contributed by atoms with E-state index in [9.17, 15) is 14.9 Å². The maximum atomic E-state index is 13.6. The first kappa shape index (κ1) is 25.6. The van der Waals surface area contributed by atoms with E-state index in [-0.39, 0.29) is 17.2 Å². The molecule has 1 aromatic heterocycles. The number of para-hydroxylation sites is 1. The first-order chi connectivity index (χ1) is 17.7. The summed E-state index contributed by atoms with van der Waals surface area (Å²) in [4.78, 5) is 29.2. The van der Waals surface area contributed by atoms with Gasteiger partial charge >= 0.3 is 0 Å². The highest BCUT2D eigenvalue weighted by Crippen LogP contribution is 2.34. The minimum absolute atomic E-state index is 0.115.